The van der Waals surface area contributed by atoms with Gasteiger partial charge in [-0.2, -0.15) is 0 Å². The molecule has 0 amide bonds. The fourth-order valence-corrected chi connectivity index (χ4v) is 2.55. The van der Waals surface area contributed by atoms with E-state index in [0.29, 0.717) is 0 Å². The Morgan fingerprint density at radius 2 is 2.11 bits per heavy atom. The molecule has 0 radical (unpaired) electrons. The van der Waals surface area contributed by atoms with Gasteiger partial charge < -0.3 is 0 Å². The van der Waals surface area contributed by atoms with Crippen LogP contribution in [0.25, 0.3) is 0 Å². The number of hydrogen-bond donors (Lipinski definition) is 3. The predicted molar refractivity (Wildman–Crippen MR) is 52.6 cm³/mol. The van der Waals surface area contributed by atoms with E-state index < -0.39 is 0 Å². The van der Waals surface area contributed by atoms with Crippen LogP contribution in [0.2, 0.25) is 0 Å². The Kier molecular flexibility index (Phi) is 2.75. The Hall–Kier alpha value is 0.680. The van der Waals surface area contributed by atoms with Crippen molar-refractivity contribution in [3.8, 4) is 0 Å². The summed E-state index contributed by atoms with van der Waals surface area (Å²) in [6, 6.07) is 0. The highest BCUT2D eigenvalue weighted by Gasteiger charge is 2.04. The van der Waals surface area contributed by atoms with E-state index in [4.69, 9.17) is 0 Å². The van der Waals surface area contributed by atoms with Gasteiger partial charge >= 0.3 is 0 Å². The van der Waals surface area contributed by atoms with Crippen molar-refractivity contribution in [2.75, 3.05) is 0 Å². The molecule has 0 saturated heterocycles. The maximum absolute atomic E-state index is 4.12. The molecule has 0 spiro atoms. The first-order chi connectivity index (χ1) is 4.18. The summed E-state index contributed by atoms with van der Waals surface area (Å²) in [5, 5.41) is 0. The molecule has 5 heteroatoms. The van der Waals surface area contributed by atoms with Crippen molar-refractivity contribution in [2.45, 2.75) is 0 Å². The molecule has 50 valence electrons. The molecule has 0 aliphatic carbocycles. The maximum Gasteiger partial charge on any atom is 0.0604 e. The van der Waals surface area contributed by atoms with Crippen LogP contribution in [0.5, 0.6) is 0 Å². The highest BCUT2D eigenvalue weighted by Crippen LogP contribution is 2.32. The van der Waals surface area contributed by atoms with Gasteiger partial charge in [-0.1, -0.05) is 12.8 Å². The minimum Gasteiger partial charge on any atom is -0.263 e. The van der Waals surface area contributed by atoms with Gasteiger partial charge in [0, 0.05) is 23.1 Å². The van der Waals surface area contributed by atoms with Crippen LogP contribution in [-0.2, 0) is 0 Å². The summed E-state index contributed by atoms with van der Waals surface area (Å²) >= 11 is 13.7. The fourth-order valence-electron chi connectivity index (χ4n) is 0.425. The van der Waals surface area contributed by atoms with Crippen molar-refractivity contribution < 1.29 is 0 Å². The van der Waals surface area contributed by atoms with Gasteiger partial charge in [-0.05, 0) is 6.08 Å². The minimum absolute atomic E-state index is 0.869. The zero-order chi connectivity index (χ0) is 6.85. The van der Waals surface area contributed by atoms with E-state index >= 15 is 0 Å². The predicted octanol–water partition coefficient (Wildman–Crippen LogP) is 2.34. The molecule has 1 aliphatic rings. The fraction of sp³-hybridized carbons (Fsp3) is 0. The van der Waals surface area contributed by atoms with Gasteiger partial charge in [0.15, 0.2) is 0 Å². The Bertz CT molecular complexity index is 173. The zero-order valence-corrected chi connectivity index (χ0v) is 7.85. The highest BCUT2D eigenvalue weighted by atomic mass is 32.2. The number of rotatable bonds is 0. The molecule has 0 aromatic carbocycles. The molecular formula is C4H5NS4. The van der Waals surface area contributed by atoms with Gasteiger partial charge in [0.05, 0.1) is 4.24 Å². The maximum atomic E-state index is 4.12. The molecule has 0 fully saturated rings. The summed E-state index contributed by atoms with van der Waals surface area (Å²) in [7, 11) is 0. The first-order valence-corrected chi connectivity index (χ1v) is 4.23. The van der Waals surface area contributed by atoms with Crippen molar-refractivity contribution in [1.29, 1.82) is 0 Å². The largest absolute Gasteiger partial charge is 0.263 e. The van der Waals surface area contributed by atoms with Crippen molar-refractivity contribution in [2.24, 2.45) is 0 Å². The molecule has 0 unspecified atom stereocenters. The third-order valence-corrected chi connectivity index (χ3v) is 2.28. The lowest BCUT2D eigenvalue weighted by Crippen LogP contribution is -1.94. The monoisotopic (exact) mass is 195 g/mol. The lowest BCUT2D eigenvalue weighted by molar-refractivity contribution is 1.06. The molecule has 1 heterocycles. The second-order valence-corrected chi connectivity index (χ2v) is 4.45. The molecule has 0 aromatic heterocycles. The summed E-state index contributed by atoms with van der Waals surface area (Å²) < 4.78 is 2.56. The molecule has 1 aliphatic heterocycles. The lowest BCUT2D eigenvalue weighted by atomic mass is 10.6. The highest BCUT2D eigenvalue weighted by molar-refractivity contribution is 8.18. The molecule has 0 aromatic rings. The molecule has 9 heavy (non-hydrogen) atoms. The first-order valence-electron chi connectivity index (χ1n) is 2.16. The molecule has 1 nitrogen and oxygen atoms in total. The van der Waals surface area contributed by atoms with Crippen LogP contribution in [0, 0.1) is 0 Å². The third-order valence-electron chi connectivity index (χ3n) is 0.701. The normalized spacial score (nSPS) is 19.2. The topological polar surface area (TPSA) is 3.24 Å². The van der Waals surface area contributed by atoms with Crippen LogP contribution in [0.4, 0.5) is 0 Å². The average molecular weight is 195 g/mol. The Morgan fingerprint density at radius 1 is 1.44 bits per heavy atom. The quantitative estimate of drug-likeness (QED) is 0.402. The summed E-state index contributed by atoms with van der Waals surface area (Å²) in [6.45, 7) is 0. The minimum atomic E-state index is 0.869. The van der Waals surface area contributed by atoms with Crippen LogP contribution < -0.4 is 0 Å². The first kappa shape index (κ1) is 7.78. The molecule has 0 N–H and O–H groups in total. The van der Waals surface area contributed by atoms with Gasteiger partial charge in [0.2, 0.25) is 0 Å². The van der Waals surface area contributed by atoms with Gasteiger partial charge in [0.1, 0.15) is 0 Å². The van der Waals surface area contributed by atoms with E-state index in [1.807, 2.05) is 6.08 Å². The average Bonchev–Trinajstić information content (AvgIpc) is 1.59. The second kappa shape index (κ2) is 3.18. The number of allylic oxidation sites excluding steroid dienone is 1. The van der Waals surface area contributed by atoms with Crippen LogP contribution in [0.3, 0.4) is 0 Å². The third kappa shape index (κ3) is 2.41. The van der Waals surface area contributed by atoms with Gasteiger partial charge in [-0.25, -0.2) is 0 Å². The summed E-state index contributed by atoms with van der Waals surface area (Å²) in [5.41, 5.74) is 0. The summed E-state index contributed by atoms with van der Waals surface area (Å²) in [5.74, 6) is 0. The van der Waals surface area contributed by atoms with Crippen LogP contribution in [-0.4, -0.2) is 3.71 Å². The van der Waals surface area contributed by atoms with Crippen LogP contribution in [0.1, 0.15) is 0 Å². The smallest absolute Gasteiger partial charge is 0.0604 e. The molecule has 0 saturated carbocycles. The summed E-state index contributed by atoms with van der Waals surface area (Å²) in [4.78, 5) is 0.869. The SMILES string of the molecule is SC1=CN(S)SC(S)=C1. The molecular weight excluding hydrogens is 190 g/mol. The van der Waals surface area contributed by atoms with E-state index in [1.165, 1.54) is 11.9 Å². The van der Waals surface area contributed by atoms with E-state index in [-0.39, 0.29) is 0 Å². The Morgan fingerprint density at radius 3 is 2.56 bits per heavy atom. The molecule has 0 atom stereocenters. The Labute approximate surface area is 75.1 Å². The van der Waals surface area contributed by atoms with Gasteiger partial charge in [0.25, 0.3) is 0 Å². The van der Waals surface area contributed by atoms with Gasteiger partial charge in [-0.3, -0.25) is 3.71 Å². The lowest BCUT2D eigenvalue weighted by Gasteiger charge is -2.14. The molecule has 1 rings (SSSR count). The van der Waals surface area contributed by atoms with E-state index in [2.05, 4.69) is 38.1 Å². The second-order valence-electron chi connectivity index (χ2n) is 1.43. The van der Waals surface area contributed by atoms with E-state index in [0.717, 1.165) is 9.14 Å². The van der Waals surface area contributed by atoms with Crippen molar-refractivity contribution in [1.82, 2.24) is 3.71 Å². The Balaban J connectivity index is 2.74. The summed E-state index contributed by atoms with van der Waals surface area (Å²) in [6.07, 6.45) is 3.67. The van der Waals surface area contributed by atoms with Crippen LogP contribution in [0.15, 0.2) is 21.4 Å². The number of hydrogen-bond acceptors (Lipinski definition) is 5. The van der Waals surface area contributed by atoms with E-state index in [1.54, 1.807) is 9.91 Å². The van der Waals surface area contributed by atoms with Crippen LogP contribution >= 0.6 is 50.0 Å². The molecule has 0 bridgehead atoms. The zero-order valence-electron chi connectivity index (χ0n) is 4.35. The number of thiol groups is 3. The van der Waals surface area contributed by atoms with Gasteiger partial charge in [-0.15, -0.1) is 25.3 Å². The van der Waals surface area contributed by atoms with E-state index in [9.17, 15) is 0 Å². The van der Waals surface area contributed by atoms with Crippen molar-refractivity contribution in [3.63, 3.8) is 0 Å². The number of nitrogens with zero attached hydrogens (tertiary/aromatic N) is 1. The van der Waals surface area contributed by atoms with Crippen molar-refractivity contribution >= 4 is 50.0 Å². The van der Waals surface area contributed by atoms with Crippen molar-refractivity contribution in [3.05, 3.63) is 21.4 Å². The standard InChI is InChI=1S/C4H5NS4/c6-3-1-4(7)9-5(8)2-3/h1-2,6-8H.